The Morgan fingerprint density at radius 1 is 1.15 bits per heavy atom. The smallest absolute Gasteiger partial charge is 0.257 e. The predicted octanol–water partition coefficient (Wildman–Crippen LogP) is 4.62. The lowest BCUT2D eigenvalue weighted by Crippen LogP contribution is -2.26. The van der Waals surface area contributed by atoms with Crippen molar-refractivity contribution in [3.8, 4) is 11.5 Å². The lowest BCUT2D eigenvalue weighted by molar-refractivity contribution is 0.0779. The average Bonchev–Trinajstić information content (AvgIpc) is 3.42. The van der Waals surface area contributed by atoms with Gasteiger partial charge in [0.05, 0.1) is 12.1 Å². The first kappa shape index (κ1) is 16.4. The van der Waals surface area contributed by atoms with E-state index >= 15 is 0 Å². The van der Waals surface area contributed by atoms with Crippen molar-refractivity contribution < 1.29 is 14.1 Å². The Hall–Kier alpha value is -3.08. The molecule has 1 amide bonds. The van der Waals surface area contributed by atoms with Gasteiger partial charge in [0, 0.05) is 19.0 Å². The summed E-state index contributed by atoms with van der Waals surface area (Å²) in [4.78, 5) is 14.5. The zero-order valence-corrected chi connectivity index (χ0v) is 14.6. The Balaban J connectivity index is 1.49. The molecule has 5 heteroatoms. The minimum atomic E-state index is -0.118. The molecule has 132 valence electrons. The summed E-state index contributed by atoms with van der Waals surface area (Å²) in [6, 6.07) is 18.7. The van der Waals surface area contributed by atoms with Crippen molar-refractivity contribution in [1.82, 2.24) is 10.1 Å². The van der Waals surface area contributed by atoms with Gasteiger partial charge in [0.1, 0.15) is 23.0 Å². The number of benzene rings is 2. The summed E-state index contributed by atoms with van der Waals surface area (Å²) >= 11 is 0. The van der Waals surface area contributed by atoms with E-state index in [0.29, 0.717) is 29.5 Å². The number of carbonyl (C=O) groups is 1. The second-order valence-corrected chi connectivity index (χ2v) is 6.57. The van der Waals surface area contributed by atoms with Crippen molar-refractivity contribution in [2.75, 3.05) is 7.05 Å². The Bertz CT molecular complexity index is 900. The van der Waals surface area contributed by atoms with Crippen molar-refractivity contribution in [1.29, 1.82) is 0 Å². The second kappa shape index (κ2) is 7.04. The third-order valence-electron chi connectivity index (χ3n) is 4.39. The van der Waals surface area contributed by atoms with Gasteiger partial charge in [-0.2, -0.15) is 0 Å². The number of nitrogens with zero attached hydrogens (tertiary/aromatic N) is 2. The molecule has 1 aromatic heterocycles. The first-order chi connectivity index (χ1) is 12.7. The van der Waals surface area contributed by atoms with Crippen LogP contribution in [0.2, 0.25) is 0 Å². The fraction of sp³-hybridized carbons (Fsp3) is 0.238. The van der Waals surface area contributed by atoms with Crippen LogP contribution in [-0.4, -0.2) is 23.0 Å². The van der Waals surface area contributed by atoms with Crippen LogP contribution in [0.25, 0.3) is 0 Å². The monoisotopic (exact) mass is 348 g/mol. The van der Waals surface area contributed by atoms with Crippen LogP contribution in [-0.2, 0) is 6.54 Å². The predicted molar refractivity (Wildman–Crippen MR) is 97.2 cm³/mol. The normalized spacial score (nSPS) is 13.4. The van der Waals surface area contributed by atoms with E-state index in [1.165, 1.54) is 0 Å². The molecule has 0 bridgehead atoms. The van der Waals surface area contributed by atoms with Crippen LogP contribution in [0.5, 0.6) is 11.5 Å². The standard InChI is InChI=1S/C21H20N2O3/c1-23(14-16-13-20(26-22-16)15-11-12-15)21(24)18-9-5-6-10-19(18)25-17-7-3-2-4-8-17/h2-10,13,15H,11-12,14H2,1H3. The molecule has 3 aromatic rings. The Labute approximate surface area is 152 Å². The molecule has 1 aliphatic carbocycles. The zero-order valence-electron chi connectivity index (χ0n) is 14.6. The molecule has 0 unspecified atom stereocenters. The molecule has 0 saturated heterocycles. The summed E-state index contributed by atoms with van der Waals surface area (Å²) in [5.74, 6) is 2.55. The summed E-state index contributed by atoms with van der Waals surface area (Å²) < 4.78 is 11.3. The molecule has 0 N–H and O–H groups in total. The molecule has 0 spiro atoms. The number of ether oxygens (including phenoxy) is 1. The van der Waals surface area contributed by atoms with E-state index in [0.717, 1.165) is 24.3 Å². The minimum Gasteiger partial charge on any atom is -0.457 e. The third-order valence-corrected chi connectivity index (χ3v) is 4.39. The van der Waals surface area contributed by atoms with E-state index < -0.39 is 0 Å². The highest BCUT2D eigenvalue weighted by molar-refractivity contribution is 5.96. The van der Waals surface area contributed by atoms with Gasteiger partial charge in [0.25, 0.3) is 5.91 Å². The van der Waals surface area contributed by atoms with Crippen LogP contribution >= 0.6 is 0 Å². The zero-order chi connectivity index (χ0) is 17.9. The summed E-state index contributed by atoms with van der Waals surface area (Å²) in [7, 11) is 1.76. The van der Waals surface area contributed by atoms with Gasteiger partial charge in [0.15, 0.2) is 0 Å². The molecule has 1 saturated carbocycles. The Morgan fingerprint density at radius 3 is 2.65 bits per heavy atom. The average molecular weight is 348 g/mol. The SMILES string of the molecule is CN(Cc1cc(C2CC2)on1)C(=O)c1ccccc1Oc1ccccc1. The van der Waals surface area contributed by atoms with E-state index in [1.54, 1.807) is 24.1 Å². The summed E-state index contributed by atoms with van der Waals surface area (Å²) in [6.45, 7) is 0.398. The molecule has 0 atom stereocenters. The summed E-state index contributed by atoms with van der Waals surface area (Å²) in [5.41, 5.74) is 1.29. The largest absolute Gasteiger partial charge is 0.457 e. The topological polar surface area (TPSA) is 55.6 Å². The molecule has 5 nitrogen and oxygen atoms in total. The summed E-state index contributed by atoms with van der Waals surface area (Å²) in [6.07, 6.45) is 2.32. The molecule has 0 aliphatic heterocycles. The molecule has 2 aromatic carbocycles. The van der Waals surface area contributed by atoms with E-state index in [-0.39, 0.29) is 5.91 Å². The van der Waals surface area contributed by atoms with Crippen molar-refractivity contribution in [3.63, 3.8) is 0 Å². The lowest BCUT2D eigenvalue weighted by Gasteiger charge is -2.18. The molecule has 0 radical (unpaired) electrons. The molecular formula is C21H20N2O3. The van der Waals surface area contributed by atoms with Crippen LogP contribution in [0, 0.1) is 0 Å². The van der Waals surface area contributed by atoms with Gasteiger partial charge in [0.2, 0.25) is 0 Å². The highest BCUT2D eigenvalue weighted by atomic mass is 16.5. The maximum absolute atomic E-state index is 12.9. The molecule has 26 heavy (non-hydrogen) atoms. The van der Waals surface area contributed by atoms with Gasteiger partial charge < -0.3 is 14.2 Å². The number of aromatic nitrogens is 1. The maximum Gasteiger partial charge on any atom is 0.257 e. The minimum absolute atomic E-state index is 0.118. The van der Waals surface area contributed by atoms with Gasteiger partial charge in [-0.3, -0.25) is 4.79 Å². The highest BCUT2D eigenvalue weighted by Gasteiger charge is 2.28. The van der Waals surface area contributed by atoms with Crippen LogP contribution in [0.4, 0.5) is 0 Å². The van der Waals surface area contributed by atoms with Gasteiger partial charge in [-0.25, -0.2) is 0 Å². The van der Waals surface area contributed by atoms with Crippen LogP contribution < -0.4 is 4.74 Å². The highest BCUT2D eigenvalue weighted by Crippen LogP contribution is 2.40. The van der Waals surface area contributed by atoms with E-state index in [4.69, 9.17) is 9.26 Å². The number of amides is 1. The fourth-order valence-electron chi connectivity index (χ4n) is 2.83. The quantitative estimate of drug-likeness (QED) is 0.652. The first-order valence-electron chi connectivity index (χ1n) is 8.73. The number of para-hydroxylation sites is 2. The van der Waals surface area contributed by atoms with Crippen molar-refractivity contribution in [3.05, 3.63) is 77.7 Å². The van der Waals surface area contributed by atoms with Crippen molar-refractivity contribution in [2.45, 2.75) is 25.3 Å². The van der Waals surface area contributed by atoms with Crippen LogP contribution in [0.15, 0.2) is 65.2 Å². The number of carbonyl (C=O) groups excluding carboxylic acids is 1. The molecule has 1 aliphatic rings. The number of hydrogen-bond acceptors (Lipinski definition) is 4. The molecular weight excluding hydrogens is 328 g/mol. The molecule has 1 fully saturated rings. The maximum atomic E-state index is 12.9. The fourth-order valence-corrected chi connectivity index (χ4v) is 2.83. The lowest BCUT2D eigenvalue weighted by atomic mass is 10.1. The van der Waals surface area contributed by atoms with Crippen LogP contribution in [0.1, 0.15) is 40.6 Å². The summed E-state index contributed by atoms with van der Waals surface area (Å²) in [5, 5.41) is 4.08. The second-order valence-electron chi connectivity index (χ2n) is 6.57. The van der Waals surface area contributed by atoms with E-state index in [9.17, 15) is 4.79 Å². The van der Waals surface area contributed by atoms with E-state index in [2.05, 4.69) is 5.16 Å². The third kappa shape index (κ3) is 3.61. The van der Waals surface area contributed by atoms with Crippen molar-refractivity contribution >= 4 is 5.91 Å². The Kier molecular flexibility index (Phi) is 4.44. The van der Waals surface area contributed by atoms with Gasteiger partial charge in [-0.15, -0.1) is 0 Å². The number of hydrogen-bond donors (Lipinski definition) is 0. The van der Waals surface area contributed by atoms with Gasteiger partial charge in [-0.1, -0.05) is 35.5 Å². The van der Waals surface area contributed by atoms with Gasteiger partial charge in [-0.05, 0) is 37.1 Å². The number of rotatable bonds is 6. The van der Waals surface area contributed by atoms with Crippen molar-refractivity contribution in [2.24, 2.45) is 0 Å². The van der Waals surface area contributed by atoms with E-state index in [1.807, 2.05) is 48.5 Å². The molecule has 4 rings (SSSR count). The molecule has 1 heterocycles. The van der Waals surface area contributed by atoms with Gasteiger partial charge >= 0.3 is 0 Å². The first-order valence-corrected chi connectivity index (χ1v) is 8.73. The van der Waals surface area contributed by atoms with Crippen LogP contribution in [0.3, 0.4) is 0 Å². The Morgan fingerprint density at radius 2 is 1.88 bits per heavy atom.